The number of methoxy groups -OCH3 is 1. The summed E-state index contributed by atoms with van der Waals surface area (Å²) in [6, 6.07) is 0. The zero-order valence-corrected chi connectivity index (χ0v) is 30.8. The van der Waals surface area contributed by atoms with E-state index < -0.39 is 101 Å². The quantitative estimate of drug-likeness (QED) is 0.150. The highest BCUT2D eigenvalue weighted by molar-refractivity contribution is 6.09. The Kier molecular flexibility index (Phi) is 7.39. The molecule has 0 saturated heterocycles. The van der Waals surface area contributed by atoms with Gasteiger partial charge in [0.25, 0.3) is 0 Å². The maximum absolute atomic E-state index is 14.6. The zero-order chi connectivity index (χ0) is 38.6. The van der Waals surface area contributed by atoms with Gasteiger partial charge in [0, 0.05) is 34.5 Å². The van der Waals surface area contributed by atoms with Gasteiger partial charge in [-0.25, -0.2) is 14.4 Å². The third kappa shape index (κ3) is 4.22. The highest BCUT2D eigenvalue weighted by Crippen LogP contribution is 2.83. The summed E-state index contributed by atoms with van der Waals surface area (Å²) in [4.78, 5) is 80.8. The fourth-order valence-electron chi connectivity index (χ4n) is 12.8. The van der Waals surface area contributed by atoms with Crippen LogP contribution in [0.5, 0.6) is 0 Å². The molecule has 13 atom stereocenters. The number of carbonyl (C=O) groups excluding carboxylic acids is 6. The summed E-state index contributed by atoms with van der Waals surface area (Å²) in [6.45, 7) is 5.61. The number of hydrogen-bond donors (Lipinski definition) is 3. The van der Waals surface area contributed by atoms with E-state index in [1.165, 1.54) is 20.1 Å². The molecule has 9 aliphatic rings. The van der Waals surface area contributed by atoms with E-state index in [2.05, 4.69) is 0 Å². The number of fused-ring (bicyclic) bond motifs is 7. The van der Waals surface area contributed by atoms with Gasteiger partial charge in [-0.15, -0.1) is 0 Å². The van der Waals surface area contributed by atoms with Gasteiger partial charge in [0.05, 0.1) is 37.5 Å². The van der Waals surface area contributed by atoms with Gasteiger partial charge in [-0.3, -0.25) is 14.4 Å². The lowest BCUT2D eigenvalue weighted by atomic mass is 9.41. The van der Waals surface area contributed by atoms with E-state index in [1.54, 1.807) is 13.8 Å². The smallest absolute Gasteiger partial charge is 0.338 e. The van der Waals surface area contributed by atoms with Crippen molar-refractivity contribution >= 4 is 35.6 Å². The number of carbonyl (C=O) groups is 6. The number of aliphatic hydroxyl groups excluding tert-OH is 2. The number of ether oxygens (including phenoxy) is 5. The van der Waals surface area contributed by atoms with E-state index in [0.29, 0.717) is 35.1 Å². The summed E-state index contributed by atoms with van der Waals surface area (Å²) < 4.78 is 28.2. The number of ketones is 1. The van der Waals surface area contributed by atoms with Crippen molar-refractivity contribution in [2.75, 3.05) is 26.9 Å². The summed E-state index contributed by atoms with van der Waals surface area (Å²) in [7, 11) is 1.18. The van der Waals surface area contributed by atoms with E-state index in [9.17, 15) is 44.1 Å². The van der Waals surface area contributed by atoms with Crippen LogP contribution in [0.15, 0.2) is 45.1 Å². The first-order chi connectivity index (χ1) is 25.5. The van der Waals surface area contributed by atoms with Crippen LogP contribution in [0, 0.1) is 52.3 Å². The van der Waals surface area contributed by atoms with E-state index in [0.717, 1.165) is 0 Å². The molecule has 2 heterocycles. The summed E-state index contributed by atoms with van der Waals surface area (Å²) in [5.41, 5.74) is -3.72. The van der Waals surface area contributed by atoms with E-state index in [-0.39, 0.29) is 66.3 Å². The van der Waals surface area contributed by atoms with Crippen molar-refractivity contribution in [3.8, 4) is 0 Å². The van der Waals surface area contributed by atoms with Gasteiger partial charge in [0.2, 0.25) is 0 Å². The Hall–Kier alpha value is -4.14. The average molecular weight is 749 g/mol. The predicted octanol–water partition coefficient (Wildman–Crippen LogP) is 1.35. The van der Waals surface area contributed by atoms with Gasteiger partial charge in [-0.1, -0.05) is 13.8 Å². The molecule has 0 radical (unpaired) electrons. The Morgan fingerprint density at radius 1 is 0.944 bits per heavy atom. The predicted molar refractivity (Wildman–Crippen MR) is 180 cm³/mol. The lowest BCUT2D eigenvalue weighted by Crippen LogP contribution is -2.70. The molecule has 9 rings (SSSR count). The van der Waals surface area contributed by atoms with Crippen molar-refractivity contribution in [2.45, 2.75) is 83.2 Å². The Labute approximate surface area is 310 Å². The molecule has 0 aromatic rings. The number of aliphatic hydroxyl groups is 3. The molecule has 0 aromatic carbocycles. The Morgan fingerprint density at radius 2 is 1.63 bits per heavy atom. The lowest BCUT2D eigenvalue weighted by molar-refractivity contribution is -0.206. The molecular weight excluding hydrogens is 704 g/mol. The van der Waals surface area contributed by atoms with Gasteiger partial charge in [-0.05, 0) is 84.5 Å². The minimum absolute atomic E-state index is 0.00936. The first-order valence-corrected chi connectivity index (χ1v) is 18.7. The molecule has 1 unspecified atom stereocenters. The minimum Gasteiger partial charge on any atom is -0.466 e. The monoisotopic (exact) mass is 748 g/mol. The van der Waals surface area contributed by atoms with Crippen molar-refractivity contribution in [1.82, 2.24) is 0 Å². The van der Waals surface area contributed by atoms with Crippen molar-refractivity contribution in [3.63, 3.8) is 0 Å². The van der Waals surface area contributed by atoms with Crippen molar-refractivity contribution in [1.29, 1.82) is 0 Å². The van der Waals surface area contributed by atoms with Crippen LogP contribution in [-0.2, 0) is 52.5 Å². The highest BCUT2D eigenvalue weighted by atomic mass is 16.6. The van der Waals surface area contributed by atoms with Crippen LogP contribution < -0.4 is 0 Å². The summed E-state index contributed by atoms with van der Waals surface area (Å²) >= 11 is 0. The molecule has 5 saturated carbocycles. The third-order valence-corrected chi connectivity index (χ3v) is 15.1. The molecular formula is C40H44O14. The molecule has 3 N–H and O–H groups in total. The fraction of sp³-hybridized carbons (Fsp3) is 0.650. The molecule has 0 aromatic heterocycles. The van der Waals surface area contributed by atoms with Crippen LogP contribution >= 0.6 is 0 Å². The molecule has 2 bridgehead atoms. The lowest BCUT2D eigenvalue weighted by Gasteiger charge is -2.64. The molecule has 5 fully saturated rings. The van der Waals surface area contributed by atoms with Crippen molar-refractivity contribution in [3.05, 3.63) is 45.1 Å². The molecule has 7 aliphatic carbocycles. The number of rotatable bonds is 1. The van der Waals surface area contributed by atoms with Crippen molar-refractivity contribution in [2.24, 2.45) is 52.3 Å². The van der Waals surface area contributed by atoms with Crippen LogP contribution in [0.2, 0.25) is 0 Å². The second kappa shape index (κ2) is 11.2. The van der Waals surface area contributed by atoms with Gasteiger partial charge >= 0.3 is 29.8 Å². The number of Topliss-reactive ketones (excluding diaryl/α,β-unsaturated/α-hetero) is 1. The van der Waals surface area contributed by atoms with E-state index in [4.69, 9.17) is 23.7 Å². The average Bonchev–Trinajstić information content (AvgIpc) is 4.05. The van der Waals surface area contributed by atoms with Crippen LogP contribution in [0.4, 0.5) is 0 Å². The molecule has 0 amide bonds. The number of cyclic esters (lactones) is 3. The third-order valence-electron chi connectivity index (χ3n) is 15.1. The standard InChI is InChI=1S/C40H44O14/c1-15-8-26(43)53-14-39(49)22-10-21(22)37(3)23(39)11-20-18(13-52-25(42)7-6-24(41)51-12-15)36(48)54-40(20)30-27(16(2)35(47)50-5)32(45)34(46)38(4)19-9-17(19)28(29(30)38)31(44)33(37)40/h8,17,19,21-23,30-31,33-34,44,46,49H,6-7,9-14H2,1-5H3/b15-8+,27-16-/t17-,19+,21+,22-,23+,30?,31-,33-,34-,37-,38-,39-,40+/m0/s1. The first kappa shape index (κ1) is 35.6. The topological polar surface area (TPSA) is 209 Å². The van der Waals surface area contributed by atoms with Gasteiger partial charge in [0.15, 0.2) is 11.4 Å². The molecule has 1 spiro atoms. The first-order valence-electron chi connectivity index (χ1n) is 18.7. The summed E-state index contributed by atoms with van der Waals surface area (Å²) in [5.74, 6) is -8.27. The molecule has 14 nitrogen and oxygen atoms in total. The number of esters is 5. The second-order valence-corrected chi connectivity index (χ2v) is 17.4. The van der Waals surface area contributed by atoms with Crippen LogP contribution in [0.3, 0.4) is 0 Å². The second-order valence-electron chi connectivity index (χ2n) is 17.4. The van der Waals surface area contributed by atoms with Gasteiger partial charge in [0.1, 0.15) is 31.5 Å². The summed E-state index contributed by atoms with van der Waals surface area (Å²) in [6.07, 6.45) is -1.15. The van der Waals surface area contributed by atoms with E-state index >= 15 is 0 Å². The zero-order valence-electron chi connectivity index (χ0n) is 30.8. The van der Waals surface area contributed by atoms with E-state index in [1.807, 2.05) is 6.92 Å². The van der Waals surface area contributed by atoms with Gasteiger partial charge < -0.3 is 39.0 Å². The van der Waals surface area contributed by atoms with Crippen molar-refractivity contribution < 1.29 is 67.8 Å². The Bertz CT molecular complexity index is 2000. The molecule has 288 valence electrons. The van der Waals surface area contributed by atoms with Crippen LogP contribution in [-0.4, -0.2) is 101 Å². The fourth-order valence-corrected chi connectivity index (χ4v) is 12.8. The summed E-state index contributed by atoms with van der Waals surface area (Å²) in [5, 5.41) is 37.5. The van der Waals surface area contributed by atoms with Crippen LogP contribution in [0.25, 0.3) is 0 Å². The Balaban J connectivity index is 1.28. The largest absolute Gasteiger partial charge is 0.466 e. The van der Waals surface area contributed by atoms with Gasteiger partial charge in [-0.2, -0.15) is 0 Å². The molecule has 2 aliphatic heterocycles. The maximum atomic E-state index is 14.6. The van der Waals surface area contributed by atoms with Crippen LogP contribution in [0.1, 0.15) is 59.8 Å². The maximum Gasteiger partial charge on any atom is 0.338 e. The minimum atomic E-state index is -1.79. The molecule has 14 heteroatoms. The highest BCUT2D eigenvalue weighted by Gasteiger charge is 2.85. The number of hydrogen-bond acceptors (Lipinski definition) is 14. The normalized spacial score (nSPS) is 48.0. The molecule has 54 heavy (non-hydrogen) atoms. The Morgan fingerprint density at radius 3 is 2.31 bits per heavy atom. The SMILES string of the molecule is COC(=O)/C(C)=C1\C(=O)[C@H](O)[C@]2(C)C3=C([C@H]4C[C@H]42)[C@H](O)[C@H]2[C@@]4(C)[C@@H]5C[C@@H]5[C@@]5(O)COC(=O)/C=C(\C)COC(=O)CCC(=O)OCC6=C(C[C@@H]54)[C@@]2(OC6=O)C31.